The number of ketones is 1. The molecule has 0 spiro atoms. The van der Waals surface area contributed by atoms with E-state index in [0.717, 1.165) is 4.88 Å². The number of hydrogen-bond donors (Lipinski definition) is 0. The first kappa shape index (κ1) is 28.3. The van der Waals surface area contributed by atoms with Crippen molar-refractivity contribution >= 4 is 52.6 Å². The summed E-state index contributed by atoms with van der Waals surface area (Å²) in [6.45, 7) is 4.75. The molecule has 0 saturated carbocycles. The monoisotopic (exact) mass is 574 g/mol. The van der Waals surface area contributed by atoms with Crippen molar-refractivity contribution in [2.24, 2.45) is 5.92 Å². The molecule has 0 aliphatic carbocycles. The van der Waals surface area contributed by atoms with Gasteiger partial charge in [0.2, 0.25) is 5.91 Å². The van der Waals surface area contributed by atoms with Crippen LogP contribution in [0.25, 0.3) is 0 Å². The maximum absolute atomic E-state index is 13.2. The number of non-ortho nitro benzene ring substituents is 1. The number of Topliss-reactive ketones (excluding diaryl/α,β-unsaturated/α-hetero) is 1. The van der Waals surface area contributed by atoms with E-state index >= 15 is 0 Å². The lowest BCUT2D eigenvalue weighted by Gasteiger charge is -2.50. The van der Waals surface area contributed by atoms with E-state index < -0.39 is 33.9 Å². The zero-order valence-corrected chi connectivity index (χ0v) is 23.0. The summed E-state index contributed by atoms with van der Waals surface area (Å²) in [6, 6.07) is 8.61. The topological polar surface area (TPSA) is 142 Å². The van der Waals surface area contributed by atoms with Gasteiger partial charge >= 0.3 is 12.1 Å². The predicted molar refractivity (Wildman–Crippen MR) is 142 cm³/mol. The molecule has 0 N–H and O–H groups in total. The highest BCUT2D eigenvalue weighted by Crippen LogP contribution is 2.46. The van der Waals surface area contributed by atoms with E-state index in [2.05, 4.69) is 0 Å². The molecular weight excluding hydrogens is 548 g/mol. The van der Waals surface area contributed by atoms with Gasteiger partial charge in [0.1, 0.15) is 29.4 Å². The second-order valence-electron chi connectivity index (χ2n) is 9.86. The van der Waals surface area contributed by atoms with Gasteiger partial charge in [-0.15, -0.1) is 23.1 Å². The number of nitrogens with zero attached hydrogens (tertiary/aromatic N) is 2. The fourth-order valence-electron chi connectivity index (χ4n) is 4.08. The third kappa shape index (κ3) is 6.84. The predicted octanol–water partition coefficient (Wildman–Crippen LogP) is 4.50. The second-order valence-corrected chi connectivity index (χ2v) is 12.0. The Morgan fingerprint density at radius 1 is 1.15 bits per heavy atom. The molecule has 1 amide bonds. The number of nitro benzene ring substituents is 1. The van der Waals surface area contributed by atoms with Gasteiger partial charge in [0.05, 0.1) is 16.2 Å². The van der Waals surface area contributed by atoms with E-state index in [-0.39, 0.29) is 54.0 Å². The Hall–Kier alpha value is -3.71. The lowest BCUT2D eigenvalue weighted by molar-refractivity contribution is -0.384. The maximum Gasteiger partial charge on any atom is 0.514 e. The molecule has 2 aromatic rings. The van der Waals surface area contributed by atoms with Crippen molar-refractivity contribution in [3.05, 3.63) is 68.0 Å². The van der Waals surface area contributed by atoms with Crippen molar-refractivity contribution < 1.29 is 38.3 Å². The smallest absolute Gasteiger partial charge is 0.455 e. The number of esters is 1. The summed E-state index contributed by atoms with van der Waals surface area (Å²) in [6.07, 6.45) is -0.761. The SMILES string of the molecule is CC(C)(C)OC(=O)C1=C(COC(=O)Oc2ccc([N+](=O)[O-])cc2)CS[C@@H]2[C@H](CC(=O)Cc3cccs3)C(=O)N12. The molecule has 11 nitrogen and oxygen atoms in total. The number of thioether (sulfide) groups is 1. The number of β-lactam (4-membered cyclic amide) rings is 1. The average Bonchev–Trinajstić information content (AvgIpc) is 3.37. The highest BCUT2D eigenvalue weighted by molar-refractivity contribution is 8.00. The van der Waals surface area contributed by atoms with Gasteiger partial charge in [0, 0.05) is 41.2 Å². The number of benzene rings is 1. The molecule has 3 heterocycles. The van der Waals surface area contributed by atoms with Crippen LogP contribution in [0.15, 0.2) is 53.0 Å². The molecule has 2 aliphatic rings. The van der Waals surface area contributed by atoms with Crippen LogP contribution in [0.5, 0.6) is 5.75 Å². The minimum Gasteiger partial charge on any atom is -0.455 e. The van der Waals surface area contributed by atoms with Crippen LogP contribution in [0.1, 0.15) is 32.1 Å². The first-order chi connectivity index (χ1) is 18.4. The summed E-state index contributed by atoms with van der Waals surface area (Å²) in [5.74, 6) is -1.40. The molecular formula is C26H26N2O9S2. The summed E-state index contributed by atoms with van der Waals surface area (Å²) in [5.41, 5.74) is -0.636. The Labute approximate surface area is 232 Å². The maximum atomic E-state index is 13.2. The van der Waals surface area contributed by atoms with Crippen LogP contribution in [0.4, 0.5) is 10.5 Å². The Balaban J connectivity index is 1.45. The van der Waals surface area contributed by atoms with Crippen molar-refractivity contribution in [1.82, 2.24) is 4.90 Å². The third-order valence-electron chi connectivity index (χ3n) is 5.76. The molecule has 0 bridgehead atoms. The number of ether oxygens (including phenoxy) is 3. The van der Waals surface area contributed by atoms with Crippen molar-refractivity contribution in [2.45, 2.75) is 44.6 Å². The number of nitro groups is 1. The Kier molecular flexibility index (Phi) is 8.40. The van der Waals surface area contributed by atoms with Crippen LogP contribution in [-0.4, -0.2) is 57.0 Å². The number of thiophene rings is 1. The van der Waals surface area contributed by atoms with E-state index in [9.17, 15) is 29.3 Å². The molecule has 1 fully saturated rings. The first-order valence-corrected chi connectivity index (χ1v) is 13.9. The number of amides is 1. The number of carbonyl (C=O) groups excluding carboxylic acids is 4. The van der Waals surface area contributed by atoms with E-state index in [4.69, 9.17) is 14.2 Å². The normalized spacial score (nSPS) is 18.6. The fourth-order valence-corrected chi connectivity index (χ4v) is 6.21. The van der Waals surface area contributed by atoms with Crippen molar-refractivity contribution in [3.63, 3.8) is 0 Å². The summed E-state index contributed by atoms with van der Waals surface area (Å²) in [4.78, 5) is 63.6. The quantitative estimate of drug-likeness (QED) is 0.138. The van der Waals surface area contributed by atoms with Crippen LogP contribution in [0.3, 0.4) is 0 Å². The number of hydrogen-bond acceptors (Lipinski definition) is 11. The Morgan fingerprint density at radius 3 is 2.49 bits per heavy atom. The molecule has 39 heavy (non-hydrogen) atoms. The number of carbonyl (C=O) groups is 4. The Morgan fingerprint density at radius 2 is 1.87 bits per heavy atom. The zero-order valence-electron chi connectivity index (χ0n) is 21.4. The third-order valence-corrected chi connectivity index (χ3v) is 8.03. The van der Waals surface area contributed by atoms with Gasteiger partial charge in [0.25, 0.3) is 5.69 Å². The van der Waals surface area contributed by atoms with Gasteiger partial charge in [-0.2, -0.15) is 0 Å². The minimum atomic E-state index is -1.08. The molecule has 0 unspecified atom stereocenters. The summed E-state index contributed by atoms with van der Waals surface area (Å²) >= 11 is 2.85. The molecule has 0 radical (unpaired) electrons. The van der Waals surface area contributed by atoms with Crippen molar-refractivity contribution in [3.8, 4) is 5.75 Å². The summed E-state index contributed by atoms with van der Waals surface area (Å²) < 4.78 is 15.8. The van der Waals surface area contributed by atoms with Crippen LogP contribution in [0.2, 0.25) is 0 Å². The highest BCUT2D eigenvalue weighted by atomic mass is 32.2. The van der Waals surface area contributed by atoms with Gasteiger partial charge in [-0.1, -0.05) is 6.07 Å². The molecule has 13 heteroatoms. The molecule has 1 aromatic heterocycles. The standard InChI is InChI=1S/C26H26N2O9S2/c1-26(2,3)37-24(31)21-15(13-35-25(32)36-18-8-6-16(7-9-18)28(33)34)14-39-23-20(22(30)27(21)23)12-17(29)11-19-5-4-10-38-19/h4-10,20,23H,11-14H2,1-3H3/t20-,23-/m1/s1. The second kappa shape index (κ2) is 11.6. The fraction of sp³-hybridized carbons (Fsp3) is 0.385. The van der Waals surface area contributed by atoms with Crippen LogP contribution in [-0.2, 0) is 30.3 Å². The summed E-state index contributed by atoms with van der Waals surface area (Å²) in [7, 11) is 0. The van der Waals surface area contributed by atoms with Crippen molar-refractivity contribution in [1.29, 1.82) is 0 Å². The van der Waals surface area contributed by atoms with Crippen molar-refractivity contribution in [2.75, 3.05) is 12.4 Å². The average molecular weight is 575 g/mol. The minimum absolute atomic E-state index is 0.00349. The zero-order chi connectivity index (χ0) is 28.3. The van der Waals surface area contributed by atoms with E-state index in [1.165, 1.54) is 52.3 Å². The van der Waals surface area contributed by atoms with Crippen LogP contribution in [0, 0.1) is 16.0 Å². The lowest BCUT2D eigenvalue weighted by atomic mass is 9.89. The first-order valence-electron chi connectivity index (χ1n) is 12.0. The van der Waals surface area contributed by atoms with E-state index in [1.54, 1.807) is 20.8 Å². The number of rotatable bonds is 9. The van der Waals surface area contributed by atoms with Gasteiger partial charge in [0.15, 0.2) is 0 Å². The van der Waals surface area contributed by atoms with E-state index in [1.807, 2.05) is 17.5 Å². The molecule has 1 saturated heterocycles. The van der Waals surface area contributed by atoms with Gasteiger partial charge in [-0.05, 0) is 44.4 Å². The largest absolute Gasteiger partial charge is 0.514 e. The molecule has 2 aliphatic heterocycles. The lowest BCUT2D eigenvalue weighted by Crippen LogP contribution is -2.62. The molecule has 2 atom stereocenters. The van der Waals surface area contributed by atoms with E-state index in [0.29, 0.717) is 5.57 Å². The van der Waals surface area contributed by atoms with Gasteiger partial charge in [-0.25, -0.2) is 9.59 Å². The highest BCUT2D eigenvalue weighted by Gasteiger charge is 2.54. The van der Waals surface area contributed by atoms with Gasteiger partial charge in [-0.3, -0.25) is 24.6 Å². The Bertz CT molecular complexity index is 1310. The van der Waals surface area contributed by atoms with Crippen LogP contribution < -0.4 is 4.74 Å². The van der Waals surface area contributed by atoms with Crippen LogP contribution >= 0.6 is 23.1 Å². The van der Waals surface area contributed by atoms with Gasteiger partial charge < -0.3 is 14.2 Å². The molecule has 1 aromatic carbocycles. The summed E-state index contributed by atoms with van der Waals surface area (Å²) in [5, 5.41) is 12.3. The number of fused-ring (bicyclic) bond motifs is 1. The molecule has 4 rings (SSSR count). The molecule has 206 valence electrons.